The molecule has 0 atom stereocenters. The van der Waals surface area contributed by atoms with E-state index in [1.807, 2.05) is 0 Å². The van der Waals surface area contributed by atoms with Crippen molar-refractivity contribution in [2.75, 3.05) is 7.05 Å². The summed E-state index contributed by atoms with van der Waals surface area (Å²) in [6, 6.07) is 3.16. The molecular weight excluding hydrogens is 424 g/mol. The molecule has 0 aliphatic heterocycles. The highest BCUT2D eigenvalue weighted by molar-refractivity contribution is 9.10. The van der Waals surface area contributed by atoms with Crippen LogP contribution >= 0.6 is 15.9 Å². The highest BCUT2D eigenvalue weighted by Gasteiger charge is 2.27. The number of nitrogens with zero attached hydrogens (tertiary/aromatic N) is 4. The van der Waals surface area contributed by atoms with Crippen LogP contribution in [-0.4, -0.2) is 34.1 Å². The summed E-state index contributed by atoms with van der Waals surface area (Å²) < 4.78 is 35.8. The zero-order chi connectivity index (χ0) is 19.4. The normalized spacial score (nSPS) is 12.4. The van der Waals surface area contributed by atoms with E-state index in [0.29, 0.717) is 27.0 Å². The molecule has 0 aliphatic carbocycles. The Bertz CT molecular complexity index is 1150. The van der Waals surface area contributed by atoms with Crippen molar-refractivity contribution >= 4 is 37.0 Å². The van der Waals surface area contributed by atoms with E-state index in [1.54, 1.807) is 34.0 Å². The quantitative estimate of drug-likeness (QED) is 0.616. The number of aryl methyl sites for hydroxylation is 4. The van der Waals surface area contributed by atoms with Crippen molar-refractivity contribution in [3.8, 4) is 0 Å². The second-order valence-electron chi connectivity index (χ2n) is 6.24. The zero-order valence-electron chi connectivity index (χ0n) is 15.1. The van der Waals surface area contributed by atoms with Crippen LogP contribution in [0.4, 0.5) is 0 Å². The molecule has 0 N–H and O–H groups in total. The van der Waals surface area contributed by atoms with Crippen LogP contribution in [0.25, 0.3) is 11.0 Å². The minimum atomic E-state index is -3.80. The van der Waals surface area contributed by atoms with Gasteiger partial charge in [0.15, 0.2) is 0 Å². The summed E-state index contributed by atoms with van der Waals surface area (Å²) in [5.74, 6) is 0.588. The highest BCUT2D eigenvalue weighted by Crippen LogP contribution is 2.30. The van der Waals surface area contributed by atoms with Gasteiger partial charge in [0.05, 0.1) is 21.6 Å². The monoisotopic (exact) mass is 442 g/mol. The van der Waals surface area contributed by atoms with Crippen LogP contribution in [0.3, 0.4) is 0 Å². The van der Waals surface area contributed by atoms with E-state index in [1.165, 1.54) is 26.6 Å². The lowest BCUT2D eigenvalue weighted by atomic mass is 10.2. The molecule has 0 saturated carbocycles. The Morgan fingerprint density at radius 1 is 1.19 bits per heavy atom. The van der Waals surface area contributed by atoms with Gasteiger partial charge in [0.2, 0.25) is 10.0 Å². The predicted molar refractivity (Wildman–Crippen MR) is 100 cm³/mol. The number of benzene rings is 1. The molecule has 0 aliphatic rings. The maximum atomic E-state index is 13.1. The Morgan fingerprint density at radius 2 is 1.77 bits per heavy atom. The van der Waals surface area contributed by atoms with Gasteiger partial charge in [-0.3, -0.25) is 9.13 Å². The van der Waals surface area contributed by atoms with Crippen molar-refractivity contribution in [3.05, 3.63) is 44.1 Å². The van der Waals surface area contributed by atoms with E-state index in [0.717, 1.165) is 5.56 Å². The molecule has 3 rings (SSSR count). The number of halogens is 1. The van der Waals surface area contributed by atoms with E-state index in [9.17, 15) is 13.2 Å². The molecule has 2 aromatic heterocycles. The topological polar surface area (TPSA) is 90.3 Å². The van der Waals surface area contributed by atoms with Gasteiger partial charge in [0, 0.05) is 37.7 Å². The van der Waals surface area contributed by atoms with Gasteiger partial charge in [-0.25, -0.2) is 13.2 Å². The molecule has 0 unspecified atom stereocenters. The number of aromatic nitrogens is 3. The van der Waals surface area contributed by atoms with Gasteiger partial charge < -0.3 is 4.52 Å². The van der Waals surface area contributed by atoms with Crippen LogP contribution < -0.4 is 5.69 Å². The SMILES string of the molecule is Cc1noc(C)c1CN(C)S(=O)(=O)c1cc2c(cc1Br)n(C)c(=O)n2C. The molecule has 10 heteroatoms. The van der Waals surface area contributed by atoms with E-state index in [2.05, 4.69) is 21.1 Å². The maximum absolute atomic E-state index is 13.1. The Labute approximate surface area is 159 Å². The van der Waals surface area contributed by atoms with E-state index in [-0.39, 0.29) is 17.1 Å². The fourth-order valence-electron chi connectivity index (χ4n) is 2.90. The smallest absolute Gasteiger partial charge is 0.328 e. The molecule has 140 valence electrons. The molecule has 8 nitrogen and oxygen atoms in total. The third-order valence-electron chi connectivity index (χ3n) is 4.58. The lowest BCUT2D eigenvalue weighted by Gasteiger charge is -2.18. The second-order valence-corrected chi connectivity index (χ2v) is 9.10. The van der Waals surface area contributed by atoms with Gasteiger partial charge in [-0.2, -0.15) is 4.31 Å². The van der Waals surface area contributed by atoms with Gasteiger partial charge in [-0.15, -0.1) is 0 Å². The third-order valence-corrected chi connectivity index (χ3v) is 7.34. The van der Waals surface area contributed by atoms with Crippen molar-refractivity contribution in [1.29, 1.82) is 0 Å². The summed E-state index contributed by atoms with van der Waals surface area (Å²) in [7, 11) is 0.964. The summed E-state index contributed by atoms with van der Waals surface area (Å²) in [6.07, 6.45) is 0. The molecule has 2 heterocycles. The number of rotatable bonds is 4. The fourth-order valence-corrected chi connectivity index (χ4v) is 5.05. The summed E-state index contributed by atoms with van der Waals surface area (Å²) in [6.45, 7) is 3.66. The van der Waals surface area contributed by atoms with Crippen LogP contribution in [0.5, 0.6) is 0 Å². The Balaban J connectivity index is 2.10. The Hall–Kier alpha value is -1.91. The first kappa shape index (κ1) is 18.9. The zero-order valence-corrected chi connectivity index (χ0v) is 17.5. The molecule has 0 amide bonds. The molecule has 0 bridgehead atoms. The van der Waals surface area contributed by atoms with Gasteiger partial charge in [-0.1, -0.05) is 5.16 Å². The number of hydrogen-bond donors (Lipinski definition) is 0. The predicted octanol–water partition coefficient (Wildman–Crippen LogP) is 2.07. The van der Waals surface area contributed by atoms with Gasteiger partial charge in [-0.05, 0) is 41.9 Å². The van der Waals surface area contributed by atoms with Crippen molar-refractivity contribution in [1.82, 2.24) is 18.6 Å². The van der Waals surface area contributed by atoms with E-state index >= 15 is 0 Å². The van der Waals surface area contributed by atoms with E-state index in [4.69, 9.17) is 4.52 Å². The van der Waals surface area contributed by atoms with E-state index < -0.39 is 10.0 Å². The molecule has 0 fully saturated rings. The highest BCUT2D eigenvalue weighted by atomic mass is 79.9. The molecule has 0 spiro atoms. The average molecular weight is 443 g/mol. The average Bonchev–Trinajstić information content (AvgIpc) is 3.00. The van der Waals surface area contributed by atoms with Gasteiger partial charge in [0.1, 0.15) is 5.76 Å². The summed E-state index contributed by atoms with van der Waals surface area (Å²) >= 11 is 3.34. The minimum Gasteiger partial charge on any atom is -0.361 e. The molecule has 26 heavy (non-hydrogen) atoms. The number of sulfonamides is 1. The van der Waals surface area contributed by atoms with Gasteiger partial charge in [0.25, 0.3) is 0 Å². The Kier molecular flexibility index (Phi) is 4.62. The second kappa shape index (κ2) is 6.36. The molecule has 0 radical (unpaired) electrons. The lowest BCUT2D eigenvalue weighted by Crippen LogP contribution is -2.27. The first-order chi connectivity index (χ1) is 12.1. The molecule has 3 aromatic rings. The van der Waals surface area contributed by atoms with Crippen molar-refractivity contribution < 1.29 is 12.9 Å². The van der Waals surface area contributed by atoms with Crippen LogP contribution in [0, 0.1) is 13.8 Å². The number of fused-ring (bicyclic) bond motifs is 1. The lowest BCUT2D eigenvalue weighted by molar-refractivity contribution is 0.390. The molecule has 0 saturated heterocycles. The largest absolute Gasteiger partial charge is 0.361 e. The van der Waals surface area contributed by atoms with Crippen LogP contribution in [0.2, 0.25) is 0 Å². The number of hydrogen-bond acceptors (Lipinski definition) is 5. The Morgan fingerprint density at radius 3 is 2.31 bits per heavy atom. The van der Waals surface area contributed by atoms with Gasteiger partial charge >= 0.3 is 5.69 Å². The standard InChI is InChI=1S/C16H19BrN4O4S/c1-9-11(10(2)25-18-9)8-19(3)26(23,24)15-7-14-13(6-12(15)17)20(4)16(22)21(14)5/h6-7H,8H2,1-5H3. The number of imidazole rings is 1. The molecule has 1 aromatic carbocycles. The van der Waals surface area contributed by atoms with Crippen LogP contribution in [0.15, 0.2) is 30.8 Å². The summed E-state index contributed by atoms with van der Waals surface area (Å²) in [5.41, 5.74) is 2.37. The fraction of sp³-hybridized carbons (Fsp3) is 0.375. The minimum absolute atomic E-state index is 0.0976. The first-order valence-corrected chi connectivity index (χ1v) is 10.0. The van der Waals surface area contributed by atoms with Crippen molar-refractivity contribution in [2.45, 2.75) is 25.3 Å². The van der Waals surface area contributed by atoms with Crippen LogP contribution in [-0.2, 0) is 30.7 Å². The third kappa shape index (κ3) is 2.81. The summed E-state index contributed by atoms with van der Waals surface area (Å²) in [5, 5.41) is 3.86. The van der Waals surface area contributed by atoms with Crippen molar-refractivity contribution in [2.24, 2.45) is 14.1 Å². The summed E-state index contributed by atoms with van der Waals surface area (Å²) in [4.78, 5) is 12.2. The molecular formula is C16H19BrN4O4S. The maximum Gasteiger partial charge on any atom is 0.328 e. The van der Waals surface area contributed by atoms with Crippen LogP contribution in [0.1, 0.15) is 17.0 Å². The van der Waals surface area contributed by atoms with Crippen molar-refractivity contribution in [3.63, 3.8) is 0 Å². The first-order valence-electron chi connectivity index (χ1n) is 7.78.